The average Bonchev–Trinajstić information content (AvgIpc) is 3.08. The number of nitrogens with one attached hydrogen (secondary N) is 1. The number of ketones is 2. The molecule has 0 saturated heterocycles. The molecule has 0 unspecified atom stereocenters. The molecule has 0 aliphatic heterocycles. The maximum Gasteiger partial charge on any atom is 0.355 e. The van der Waals surface area contributed by atoms with Gasteiger partial charge in [0.1, 0.15) is 5.69 Å². The molecule has 7 heteroatoms. The van der Waals surface area contributed by atoms with Crippen molar-refractivity contribution in [1.29, 1.82) is 0 Å². The summed E-state index contributed by atoms with van der Waals surface area (Å²) >= 11 is 0. The summed E-state index contributed by atoms with van der Waals surface area (Å²) in [5, 5.41) is 0. The van der Waals surface area contributed by atoms with Gasteiger partial charge in [0, 0.05) is 35.3 Å². The lowest BCUT2D eigenvalue weighted by molar-refractivity contribution is 0.0468. The molecular weight excluding hydrogens is 360 g/mol. The number of aryl methyl sites for hydroxylation is 2. The van der Waals surface area contributed by atoms with Crippen LogP contribution >= 0.6 is 0 Å². The summed E-state index contributed by atoms with van der Waals surface area (Å²) < 4.78 is 12.5. The predicted octanol–water partition coefficient (Wildman–Crippen LogP) is 3.50. The van der Waals surface area contributed by atoms with Gasteiger partial charge in [-0.05, 0) is 53.2 Å². The number of hydrogen-bond donors (Lipinski definition) is 1. The van der Waals surface area contributed by atoms with Crippen molar-refractivity contribution < 1.29 is 23.9 Å². The fourth-order valence-electron chi connectivity index (χ4n) is 3.82. The standard InChI is InChI=1S/C21H28N2O5/c1-11-8-17(15(5)23(11)12(2)9-27-7)18(25)10-28-21(26)20-13(3)19(16(6)24)14(4)22-20/h8,12,22H,9-10H2,1-7H3/t12-/m1/s1. The lowest BCUT2D eigenvalue weighted by Crippen LogP contribution is -2.17. The second-order valence-electron chi connectivity index (χ2n) is 7.14. The van der Waals surface area contributed by atoms with Crippen LogP contribution in [0.15, 0.2) is 6.07 Å². The van der Waals surface area contributed by atoms with E-state index in [-0.39, 0.29) is 29.9 Å². The topological polar surface area (TPSA) is 90.4 Å². The molecule has 0 radical (unpaired) electrons. The summed E-state index contributed by atoms with van der Waals surface area (Å²) in [6, 6.07) is 1.89. The number of aromatic nitrogens is 2. The molecule has 2 rings (SSSR count). The van der Waals surface area contributed by atoms with Gasteiger partial charge in [-0.1, -0.05) is 0 Å². The lowest BCUT2D eigenvalue weighted by atomic mass is 10.1. The van der Waals surface area contributed by atoms with Crippen LogP contribution < -0.4 is 0 Å². The van der Waals surface area contributed by atoms with E-state index in [4.69, 9.17) is 9.47 Å². The normalized spacial score (nSPS) is 12.1. The summed E-state index contributed by atoms with van der Waals surface area (Å²) in [5.41, 5.74) is 4.11. The number of aromatic amines is 1. The number of nitrogens with zero attached hydrogens (tertiary/aromatic N) is 1. The molecule has 1 atom stereocenters. The predicted molar refractivity (Wildman–Crippen MR) is 105 cm³/mol. The Labute approximate surface area is 165 Å². The maximum atomic E-state index is 12.6. The number of Topliss-reactive ketones (excluding diaryl/α,β-unsaturated/α-hetero) is 2. The minimum atomic E-state index is -0.650. The van der Waals surface area contributed by atoms with Gasteiger partial charge in [-0.25, -0.2) is 4.79 Å². The third-order valence-corrected chi connectivity index (χ3v) is 4.96. The molecule has 0 aliphatic rings. The lowest BCUT2D eigenvalue weighted by Gasteiger charge is -2.17. The van der Waals surface area contributed by atoms with E-state index >= 15 is 0 Å². The highest BCUT2D eigenvalue weighted by molar-refractivity contribution is 6.03. The summed E-state index contributed by atoms with van der Waals surface area (Å²) in [7, 11) is 1.64. The van der Waals surface area contributed by atoms with Gasteiger partial charge in [0.15, 0.2) is 12.4 Å². The van der Waals surface area contributed by atoms with E-state index in [9.17, 15) is 14.4 Å². The zero-order chi connectivity index (χ0) is 21.2. The number of hydrogen-bond acceptors (Lipinski definition) is 5. The highest BCUT2D eigenvalue weighted by Gasteiger charge is 2.23. The van der Waals surface area contributed by atoms with Crippen molar-refractivity contribution in [1.82, 2.24) is 9.55 Å². The van der Waals surface area contributed by atoms with Crippen LogP contribution in [0.4, 0.5) is 0 Å². The number of carbonyl (C=O) groups excluding carboxylic acids is 3. The van der Waals surface area contributed by atoms with Crippen LogP contribution in [0.2, 0.25) is 0 Å². The minimum Gasteiger partial charge on any atom is -0.453 e. The fraction of sp³-hybridized carbons (Fsp3) is 0.476. The minimum absolute atomic E-state index is 0.0867. The Morgan fingerprint density at radius 2 is 1.82 bits per heavy atom. The first kappa shape index (κ1) is 21.6. The smallest absolute Gasteiger partial charge is 0.355 e. The molecule has 7 nitrogen and oxygen atoms in total. The molecule has 28 heavy (non-hydrogen) atoms. The molecule has 2 heterocycles. The SMILES string of the molecule is COC[C@@H](C)n1c(C)cc(C(=O)COC(=O)c2[nH]c(C)c(C(C)=O)c2C)c1C. The monoisotopic (exact) mass is 388 g/mol. The van der Waals surface area contributed by atoms with Crippen molar-refractivity contribution in [2.24, 2.45) is 0 Å². The summed E-state index contributed by atoms with van der Waals surface area (Å²) in [5.74, 6) is -1.05. The molecule has 0 saturated carbocycles. The van der Waals surface area contributed by atoms with Crippen molar-refractivity contribution in [3.05, 3.63) is 45.5 Å². The Morgan fingerprint density at radius 1 is 1.18 bits per heavy atom. The van der Waals surface area contributed by atoms with E-state index in [2.05, 4.69) is 4.98 Å². The van der Waals surface area contributed by atoms with E-state index < -0.39 is 5.97 Å². The molecule has 2 aromatic heterocycles. The molecule has 2 aromatic rings. The number of methoxy groups -OCH3 is 1. The van der Waals surface area contributed by atoms with Crippen molar-refractivity contribution in [2.45, 2.75) is 47.6 Å². The van der Waals surface area contributed by atoms with E-state index in [1.54, 1.807) is 27.0 Å². The Kier molecular flexibility index (Phi) is 6.61. The first-order valence-electron chi connectivity index (χ1n) is 9.17. The summed E-state index contributed by atoms with van der Waals surface area (Å²) in [6.07, 6.45) is 0. The van der Waals surface area contributed by atoms with Gasteiger partial charge in [-0.3, -0.25) is 9.59 Å². The van der Waals surface area contributed by atoms with E-state index in [1.165, 1.54) is 6.92 Å². The third-order valence-electron chi connectivity index (χ3n) is 4.96. The zero-order valence-corrected chi connectivity index (χ0v) is 17.6. The molecule has 0 spiro atoms. The summed E-state index contributed by atoms with van der Waals surface area (Å²) in [6.45, 7) is 10.8. The number of H-pyrrole nitrogens is 1. The molecule has 0 aromatic carbocycles. The zero-order valence-electron chi connectivity index (χ0n) is 17.6. The fourth-order valence-corrected chi connectivity index (χ4v) is 3.82. The van der Waals surface area contributed by atoms with E-state index in [0.717, 1.165) is 11.4 Å². The number of carbonyl (C=O) groups is 3. The Hall–Kier alpha value is -2.67. The van der Waals surface area contributed by atoms with Crippen LogP contribution in [0.25, 0.3) is 0 Å². The summed E-state index contributed by atoms with van der Waals surface area (Å²) in [4.78, 5) is 39.6. The number of ether oxygens (including phenoxy) is 2. The Bertz CT molecular complexity index is 920. The second-order valence-corrected chi connectivity index (χ2v) is 7.14. The first-order chi connectivity index (χ1) is 13.1. The van der Waals surface area contributed by atoms with Crippen LogP contribution in [-0.4, -0.2) is 47.4 Å². The molecule has 0 amide bonds. The van der Waals surface area contributed by atoms with Crippen molar-refractivity contribution >= 4 is 17.5 Å². The molecular formula is C21H28N2O5. The van der Waals surface area contributed by atoms with Crippen molar-refractivity contribution in [3.8, 4) is 0 Å². The third kappa shape index (κ3) is 4.09. The van der Waals surface area contributed by atoms with Crippen molar-refractivity contribution in [2.75, 3.05) is 20.3 Å². The Morgan fingerprint density at radius 3 is 2.36 bits per heavy atom. The molecule has 152 valence electrons. The van der Waals surface area contributed by atoms with Gasteiger partial charge < -0.3 is 19.0 Å². The van der Waals surface area contributed by atoms with Crippen LogP contribution in [0.5, 0.6) is 0 Å². The number of rotatable bonds is 8. The molecule has 0 fully saturated rings. The van der Waals surface area contributed by atoms with Crippen LogP contribution in [0, 0.1) is 27.7 Å². The van der Waals surface area contributed by atoms with E-state index in [0.29, 0.717) is 29.0 Å². The Balaban J connectivity index is 2.15. The first-order valence-corrected chi connectivity index (χ1v) is 9.17. The van der Waals surface area contributed by atoms with Gasteiger partial charge in [-0.15, -0.1) is 0 Å². The quantitative estimate of drug-likeness (QED) is 0.552. The van der Waals surface area contributed by atoms with Crippen LogP contribution in [0.3, 0.4) is 0 Å². The second kappa shape index (κ2) is 8.56. The van der Waals surface area contributed by atoms with Crippen LogP contribution in [-0.2, 0) is 9.47 Å². The molecule has 0 aliphatic carbocycles. The van der Waals surface area contributed by atoms with Gasteiger partial charge >= 0.3 is 5.97 Å². The van der Waals surface area contributed by atoms with Crippen molar-refractivity contribution in [3.63, 3.8) is 0 Å². The average molecular weight is 388 g/mol. The highest BCUT2D eigenvalue weighted by Crippen LogP contribution is 2.22. The van der Waals surface area contributed by atoms with E-state index in [1.807, 2.05) is 25.3 Å². The molecule has 1 N–H and O–H groups in total. The van der Waals surface area contributed by atoms with Gasteiger partial charge in [-0.2, -0.15) is 0 Å². The highest BCUT2D eigenvalue weighted by atomic mass is 16.5. The number of esters is 1. The van der Waals surface area contributed by atoms with Gasteiger partial charge in [0.05, 0.1) is 12.6 Å². The maximum absolute atomic E-state index is 12.6. The largest absolute Gasteiger partial charge is 0.453 e. The molecule has 0 bridgehead atoms. The van der Waals surface area contributed by atoms with Gasteiger partial charge in [0.25, 0.3) is 0 Å². The van der Waals surface area contributed by atoms with Crippen LogP contribution in [0.1, 0.15) is 73.7 Å². The van der Waals surface area contributed by atoms with Gasteiger partial charge in [0.2, 0.25) is 5.78 Å².